The topological polar surface area (TPSA) is 66.0 Å². The van der Waals surface area contributed by atoms with Crippen LogP contribution < -0.4 is 10.5 Å². The highest BCUT2D eigenvalue weighted by atomic mass is 35.5. The lowest BCUT2D eigenvalue weighted by atomic mass is 10.1. The highest BCUT2D eigenvalue weighted by Crippen LogP contribution is 2.29. The van der Waals surface area contributed by atoms with E-state index < -0.39 is 0 Å². The maximum atomic E-state index is 6.22. The number of rotatable bonds is 3. The van der Waals surface area contributed by atoms with E-state index in [9.17, 15) is 0 Å². The van der Waals surface area contributed by atoms with E-state index in [1.54, 1.807) is 10.9 Å². The van der Waals surface area contributed by atoms with Gasteiger partial charge in [-0.3, -0.25) is 9.67 Å². The number of anilines is 1. The second-order valence-corrected chi connectivity index (χ2v) is 5.19. The molecule has 2 N–H and O–H groups in total. The molecule has 0 unspecified atom stereocenters. The number of fused-ring (bicyclic) bond motifs is 1. The molecule has 0 aliphatic heterocycles. The first-order valence-corrected chi connectivity index (χ1v) is 6.89. The zero-order chi connectivity index (χ0) is 15.0. The van der Waals surface area contributed by atoms with Crippen LogP contribution in [0, 0.1) is 6.92 Å². The summed E-state index contributed by atoms with van der Waals surface area (Å²) in [5, 5.41) is 5.78. The van der Waals surface area contributed by atoms with Crippen molar-refractivity contribution in [1.82, 2.24) is 14.8 Å². The van der Waals surface area contributed by atoms with Crippen molar-refractivity contribution in [1.29, 1.82) is 0 Å². The zero-order valence-corrected chi connectivity index (χ0v) is 12.6. The van der Waals surface area contributed by atoms with Gasteiger partial charge < -0.3 is 10.5 Å². The minimum Gasteiger partial charge on any atom is -0.485 e. The van der Waals surface area contributed by atoms with Crippen molar-refractivity contribution < 1.29 is 4.74 Å². The first-order chi connectivity index (χ1) is 10.1. The smallest absolute Gasteiger partial charge is 0.146 e. The van der Waals surface area contributed by atoms with Crippen LogP contribution in [0.25, 0.3) is 10.9 Å². The molecule has 0 saturated heterocycles. The molecule has 3 rings (SSSR count). The predicted octanol–water partition coefficient (Wildman–Crippen LogP) is 3.09. The zero-order valence-electron chi connectivity index (χ0n) is 11.8. The fourth-order valence-corrected chi connectivity index (χ4v) is 2.48. The molecule has 0 aliphatic carbocycles. The summed E-state index contributed by atoms with van der Waals surface area (Å²) in [6.07, 6.45) is 1.72. The van der Waals surface area contributed by atoms with Crippen LogP contribution in [-0.4, -0.2) is 14.8 Å². The van der Waals surface area contributed by atoms with Gasteiger partial charge in [-0.2, -0.15) is 5.10 Å². The summed E-state index contributed by atoms with van der Waals surface area (Å²) in [7, 11) is 1.84. The number of nitrogen functional groups attached to an aromatic ring is 1. The number of hydrogen-bond acceptors (Lipinski definition) is 4. The number of nitrogens with two attached hydrogens (primary N) is 1. The molecule has 108 valence electrons. The molecular weight excluding hydrogens is 288 g/mol. The van der Waals surface area contributed by atoms with E-state index >= 15 is 0 Å². The Morgan fingerprint density at radius 2 is 2.14 bits per heavy atom. The van der Waals surface area contributed by atoms with Crippen LogP contribution in [0.5, 0.6) is 5.75 Å². The minimum absolute atomic E-state index is 0.325. The molecule has 0 radical (unpaired) electrons. The largest absolute Gasteiger partial charge is 0.485 e. The molecule has 21 heavy (non-hydrogen) atoms. The Labute approximate surface area is 127 Å². The van der Waals surface area contributed by atoms with Crippen LogP contribution in [0.2, 0.25) is 5.02 Å². The number of benzene rings is 1. The quantitative estimate of drug-likeness (QED) is 0.755. The minimum atomic E-state index is 0.325. The van der Waals surface area contributed by atoms with Crippen LogP contribution in [0.15, 0.2) is 30.5 Å². The van der Waals surface area contributed by atoms with Gasteiger partial charge in [-0.05, 0) is 31.2 Å². The monoisotopic (exact) mass is 302 g/mol. The lowest BCUT2D eigenvalue weighted by Crippen LogP contribution is -2.04. The van der Waals surface area contributed by atoms with E-state index in [0.717, 1.165) is 22.3 Å². The van der Waals surface area contributed by atoms with Gasteiger partial charge >= 0.3 is 0 Å². The molecule has 0 spiro atoms. The Balaban J connectivity index is 1.94. The summed E-state index contributed by atoms with van der Waals surface area (Å²) in [5.74, 6) is 0.676. The third-order valence-electron chi connectivity index (χ3n) is 3.39. The van der Waals surface area contributed by atoms with Gasteiger partial charge in [-0.1, -0.05) is 11.6 Å². The highest BCUT2D eigenvalue weighted by molar-refractivity contribution is 6.31. The molecule has 0 saturated carbocycles. The van der Waals surface area contributed by atoms with Crippen molar-refractivity contribution in [3.05, 3.63) is 46.9 Å². The molecule has 0 fully saturated rings. The van der Waals surface area contributed by atoms with Crippen molar-refractivity contribution in [3.8, 4) is 5.75 Å². The Kier molecular flexibility index (Phi) is 3.43. The molecule has 5 nitrogen and oxygen atoms in total. The summed E-state index contributed by atoms with van der Waals surface area (Å²) >= 11 is 6.22. The maximum Gasteiger partial charge on any atom is 0.146 e. The van der Waals surface area contributed by atoms with Crippen LogP contribution in [-0.2, 0) is 13.7 Å². The molecule has 2 aromatic heterocycles. The molecule has 0 amide bonds. The second kappa shape index (κ2) is 5.26. The number of pyridine rings is 1. The SMILES string of the molecule is Cc1nn(C)c(COc2ccc(N)c3cccnc23)c1Cl. The summed E-state index contributed by atoms with van der Waals surface area (Å²) in [5.41, 5.74) is 9.00. The van der Waals surface area contributed by atoms with E-state index in [-0.39, 0.29) is 0 Å². The Morgan fingerprint density at radius 3 is 2.86 bits per heavy atom. The average Bonchev–Trinajstić information content (AvgIpc) is 2.72. The number of halogens is 1. The van der Waals surface area contributed by atoms with Crippen molar-refractivity contribution in [2.24, 2.45) is 7.05 Å². The first kappa shape index (κ1) is 13.7. The summed E-state index contributed by atoms with van der Waals surface area (Å²) < 4.78 is 7.60. The van der Waals surface area contributed by atoms with Gasteiger partial charge in [0.15, 0.2) is 0 Å². The maximum absolute atomic E-state index is 6.22. The fourth-order valence-electron chi connectivity index (χ4n) is 2.27. The van der Waals surface area contributed by atoms with Gasteiger partial charge in [0, 0.05) is 24.3 Å². The molecule has 1 aromatic carbocycles. The van der Waals surface area contributed by atoms with Gasteiger partial charge in [0.05, 0.1) is 16.4 Å². The number of hydrogen-bond donors (Lipinski definition) is 1. The van der Waals surface area contributed by atoms with Crippen molar-refractivity contribution in [3.63, 3.8) is 0 Å². The van der Waals surface area contributed by atoms with E-state index in [1.807, 2.05) is 38.2 Å². The van der Waals surface area contributed by atoms with Crippen LogP contribution in [0.4, 0.5) is 5.69 Å². The third kappa shape index (κ3) is 2.40. The molecule has 6 heteroatoms. The van der Waals surface area contributed by atoms with E-state index in [4.69, 9.17) is 22.1 Å². The second-order valence-electron chi connectivity index (χ2n) is 4.81. The molecule has 0 aliphatic rings. The van der Waals surface area contributed by atoms with Gasteiger partial charge in [-0.15, -0.1) is 0 Å². The number of aromatic nitrogens is 3. The predicted molar refractivity (Wildman–Crippen MR) is 83.4 cm³/mol. The number of aryl methyl sites for hydroxylation is 2. The molecule has 2 heterocycles. The van der Waals surface area contributed by atoms with E-state index in [0.29, 0.717) is 23.1 Å². The molecular formula is C15H15ClN4O. The van der Waals surface area contributed by atoms with Gasteiger partial charge in [0.2, 0.25) is 0 Å². The normalized spacial score (nSPS) is 11.0. The van der Waals surface area contributed by atoms with Crippen LogP contribution >= 0.6 is 11.6 Å². The fraction of sp³-hybridized carbons (Fsp3) is 0.200. The Morgan fingerprint density at radius 1 is 1.33 bits per heavy atom. The van der Waals surface area contributed by atoms with Gasteiger partial charge in [-0.25, -0.2) is 0 Å². The summed E-state index contributed by atoms with van der Waals surface area (Å²) in [6.45, 7) is 2.19. The number of nitrogens with zero attached hydrogens (tertiary/aromatic N) is 3. The standard InChI is InChI=1S/C15H15ClN4O/c1-9-14(16)12(20(2)19-9)8-21-13-6-5-11(17)10-4-3-7-18-15(10)13/h3-7H,8,17H2,1-2H3. The van der Waals surface area contributed by atoms with Gasteiger partial charge in [0.1, 0.15) is 17.9 Å². The van der Waals surface area contributed by atoms with Crippen molar-refractivity contribution in [2.75, 3.05) is 5.73 Å². The highest BCUT2D eigenvalue weighted by Gasteiger charge is 2.13. The lowest BCUT2D eigenvalue weighted by molar-refractivity contribution is 0.298. The molecule has 3 aromatic rings. The molecule has 0 atom stereocenters. The van der Waals surface area contributed by atoms with Crippen LogP contribution in [0.3, 0.4) is 0 Å². The van der Waals surface area contributed by atoms with Crippen molar-refractivity contribution in [2.45, 2.75) is 13.5 Å². The first-order valence-electron chi connectivity index (χ1n) is 6.52. The van der Waals surface area contributed by atoms with E-state index in [2.05, 4.69) is 10.1 Å². The van der Waals surface area contributed by atoms with Gasteiger partial charge in [0.25, 0.3) is 0 Å². The molecule has 0 bridgehead atoms. The Bertz CT molecular complexity index is 813. The number of ether oxygens (including phenoxy) is 1. The lowest BCUT2D eigenvalue weighted by Gasteiger charge is -2.10. The third-order valence-corrected chi connectivity index (χ3v) is 3.88. The van der Waals surface area contributed by atoms with E-state index in [1.165, 1.54) is 0 Å². The summed E-state index contributed by atoms with van der Waals surface area (Å²) in [6, 6.07) is 7.41. The summed E-state index contributed by atoms with van der Waals surface area (Å²) in [4.78, 5) is 4.34. The average molecular weight is 303 g/mol. The van der Waals surface area contributed by atoms with Crippen molar-refractivity contribution >= 4 is 28.2 Å². The Hall–Kier alpha value is -2.27. The van der Waals surface area contributed by atoms with Crippen LogP contribution in [0.1, 0.15) is 11.4 Å².